The summed E-state index contributed by atoms with van der Waals surface area (Å²) in [7, 11) is 1.81. The smallest absolute Gasteiger partial charge is 0.292 e. The Morgan fingerprint density at radius 3 is 2.84 bits per heavy atom. The topological polar surface area (TPSA) is 73.0 Å². The lowest BCUT2D eigenvalue weighted by Crippen LogP contribution is -2.04. The van der Waals surface area contributed by atoms with Crippen LogP contribution in [0.2, 0.25) is 0 Å². The van der Waals surface area contributed by atoms with Crippen molar-refractivity contribution in [2.75, 3.05) is 5.32 Å². The lowest BCUT2D eigenvalue weighted by molar-refractivity contribution is -0.384. The molecule has 0 amide bonds. The Labute approximate surface area is 109 Å². The maximum Gasteiger partial charge on any atom is 0.292 e. The van der Waals surface area contributed by atoms with E-state index >= 15 is 0 Å². The lowest BCUT2D eigenvalue weighted by Gasteiger charge is -2.07. The number of nitrogens with one attached hydrogen (secondary N) is 1. The molecular weight excluding hydrogens is 251 g/mol. The van der Waals surface area contributed by atoms with Crippen molar-refractivity contribution in [1.29, 1.82) is 0 Å². The Hall–Kier alpha value is -2.44. The van der Waals surface area contributed by atoms with Crippen molar-refractivity contribution >= 4 is 11.4 Å². The summed E-state index contributed by atoms with van der Waals surface area (Å²) in [6, 6.07) is 3.33. The van der Waals surface area contributed by atoms with E-state index in [1.165, 1.54) is 0 Å². The minimum absolute atomic E-state index is 0.150. The summed E-state index contributed by atoms with van der Waals surface area (Å²) in [5.41, 5.74) is 1.86. The molecule has 1 aromatic heterocycles. The summed E-state index contributed by atoms with van der Waals surface area (Å²) in [6.45, 7) is 2.24. The Bertz CT molecular complexity index is 624. The molecule has 100 valence electrons. The van der Waals surface area contributed by atoms with E-state index in [9.17, 15) is 14.5 Å². The number of nitrogens with zero attached hydrogens (tertiary/aromatic N) is 3. The number of halogens is 1. The van der Waals surface area contributed by atoms with Crippen LogP contribution in [0.1, 0.15) is 11.3 Å². The normalized spacial score (nSPS) is 10.5. The molecule has 0 spiro atoms. The monoisotopic (exact) mass is 264 g/mol. The molecule has 0 bridgehead atoms. The van der Waals surface area contributed by atoms with Gasteiger partial charge >= 0.3 is 0 Å². The Morgan fingerprint density at radius 2 is 2.26 bits per heavy atom. The molecule has 0 radical (unpaired) electrons. The maximum atomic E-state index is 13.1. The van der Waals surface area contributed by atoms with Gasteiger partial charge in [0.2, 0.25) is 0 Å². The van der Waals surface area contributed by atoms with E-state index in [0.29, 0.717) is 6.54 Å². The molecule has 1 N–H and O–H groups in total. The first kappa shape index (κ1) is 13.0. The molecule has 0 saturated carbocycles. The minimum Gasteiger partial charge on any atom is -0.375 e. The van der Waals surface area contributed by atoms with Crippen LogP contribution in [0.3, 0.4) is 0 Å². The third-order valence-corrected chi connectivity index (χ3v) is 2.96. The molecule has 7 heteroatoms. The number of anilines is 1. The number of nitro benzene ring substituents is 1. The summed E-state index contributed by atoms with van der Waals surface area (Å²) in [4.78, 5) is 10.3. The van der Waals surface area contributed by atoms with Gasteiger partial charge in [0, 0.05) is 37.0 Å². The van der Waals surface area contributed by atoms with Crippen molar-refractivity contribution in [2.24, 2.45) is 7.05 Å². The summed E-state index contributed by atoms with van der Waals surface area (Å²) < 4.78 is 14.8. The molecule has 6 nitrogen and oxygen atoms in total. The second kappa shape index (κ2) is 5.05. The first-order valence-corrected chi connectivity index (χ1v) is 5.64. The number of aryl methyl sites for hydroxylation is 1. The summed E-state index contributed by atoms with van der Waals surface area (Å²) in [5.74, 6) is -0.518. The highest BCUT2D eigenvalue weighted by molar-refractivity contribution is 5.61. The second-order valence-electron chi connectivity index (χ2n) is 4.15. The van der Waals surface area contributed by atoms with Crippen LogP contribution < -0.4 is 5.32 Å². The summed E-state index contributed by atoms with van der Waals surface area (Å²) >= 11 is 0. The predicted molar refractivity (Wildman–Crippen MR) is 68.3 cm³/mol. The van der Waals surface area contributed by atoms with Crippen molar-refractivity contribution in [1.82, 2.24) is 9.78 Å². The van der Waals surface area contributed by atoms with Gasteiger partial charge in [-0.25, -0.2) is 4.39 Å². The summed E-state index contributed by atoms with van der Waals surface area (Å²) in [5, 5.41) is 17.8. The van der Waals surface area contributed by atoms with Gasteiger partial charge in [0.05, 0.1) is 11.1 Å². The fraction of sp³-hybridized carbons (Fsp3) is 0.250. The molecule has 0 fully saturated rings. The van der Waals surface area contributed by atoms with Crippen molar-refractivity contribution in [3.63, 3.8) is 0 Å². The zero-order valence-corrected chi connectivity index (χ0v) is 10.6. The SMILES string of the molecule is Cc1c(CNc2cc(F)ccc2[N+](=O)[O-])cnn1C. The predicted octanol–water partition coefficient (Wildman–Crippen LogP) is 2.39. The van der Waals surface area contributed by atoms with Crippen LogP contribution in [0.4, 0.5) is 15.8 Å². The molecule has 0 saturated heterocycles. The number of nitro groups is 1. The van der Waals surface area contributed by atoms with E-state index in [1.807, 2.05) is 14.0 Å². The highest BCUT2D eigenvalue weighted by Gasteiger charge is 2.14. The van der Waals surface area contributed by atoms with E-state index in [0.717, 1.165) is 29.5 Å². The highest BCUT2D eigenvalue weighted by Crippen LogP contribution is 2.25. The Balaban J connectivity index is 2.21. The lowest BCUT2D eigenvalue weighted by atomic mass is 10.2. The fourth-order valence-corrected chi connectivity index (χ4v) is 1.72. The van der Waals surface area contributed by atoms with E-state index in [1.54, 1.807) is 10.9 Å². The van der Waals surface area contributed by atoms with Crippen molar-refractivity contribution in [2.45, 2.75) is 13.5 Å². The quantitative estimate of drug-likeness (QED) is 0.679. The van der Waals surface area contributed by atoms with Crippen LogP contribution in [-0.2, 0) is 13.6 Å². The van der Waals surface area contributed by atoms with Crippen molar-refractivity contribution < 1.29 is 9.31 Å². The Kier molecular flexibility index (Phi) is 3.46. The third-order valence-electron chi connectivity index (χ3n) is 2.96. The molecule has 0 unspecified atom stereocenters. The molecule has 19 heavy (non-hydrogen) atoms. The third kappa shape index (κ3) is 2.70. The van der Waals surface area contributed by atoms with Gasteiger partial charge < -0.3 is 5.32 Å². The number of aromatic nitrogens is 2. The van der Waals surface area contributed by atoms with Crippen molar-refractivity contribution in [3.05, 3.63) is 51.6 Å². The zero-order chi connectivity index (χ0) is 14.0. The molecule has 0 aliphatic heterocycles. The van der Waals surface area contributed by atoms with Gasteiger partial charge in [0.1, 0.15) is 11.5 Å². The van der Waals surface area contributed by atoms with Gasteiger partial charge in [-0.3, -0.25) is 14.8 Å². The molecule has 0 atom stereocenters. The first-order valence-electron chi connectivity index (χ1n) is 5.64. The second-order valence-corrected chi connectivity index (χ2v) is 4.15. The van der Waals surface area contributed by atoms with Crippen LogP contribution in [0.15, 0.2) is 24.4 Å². The first-order chi connectivity index (χ1) is 8.99. The average molecular weight is 264 g/mol. The zero-order valence-electron chi connectivity index (χ0n) is 10.6. The molecule has 0 aliphatic carbocycles. The van der Waals surface area contributed by atoms with Gasteiger partial charge in [0.15, 0.2) is 0 Å². The summed E-state index contributed by atoms with van der Waals surface area (Å²) in [6.07, 6.45) is 1.67. The van der Waals surface area contributed by atoms with Gasteiger partial charge in [-0.05, 0) is 13.0 Å². The van der Waals surface area contributed by atoms with Gasteiger partial charge in [0.25, 0.3) is 5.69 Å². The van der Waals surface area contributed by atoms with Crippen LogP contribution in [-0.4, -0.2) is 14.7 Å². The van der Waals surface area contributed by atoms with Crippen molar-refractivity contribution in [3.8, 4) is 0 Å². The number of hydrogen-bond acceptors (Lipinski definition) is 4. The molecule has 2 rings (SSSR count). The van der Waals surface area contributed by atoms with Crippen LogP contribution in [0, 0.1) is 22.9 Å². The number of hydrogen-bond donors (Lipinski definition) is 1. The van der Waals surface area contributed by atoms with Crippen LogP contribution >= 0.6 is 0 Å². The average Bonchev–Trinajstić information content (AvgIpc) is 2.67. The van der Waals surface area contributed by atoms with Gasteiger partial charge in [-0.2, -0.15) is 5.10 Å². The van der Waals surface area contributed by atoms with Gasteiger partial charge in [-0.15, -0.1) is 0 Å². The Morgan fingerprint density at radius 1 is 1.53 bits per heavy atom. The number of rotatable bonds is 4. The minimum atomic E-state index is -0.544. The largest absolute Gasteiger partial charge is 0.375 e. The molecule has 2 aromatic rings. The highest BCUT2D eigenvalue weighted by atomic mass is 19.1. The van der Waals surface area contributed by atoms with Gasteiger partial charge in [-0.1, -0.05) is 0 Å². The van der Waals surface area contributed by atoms with E-state index < -0.39 is 10.7 Å². The molecular formula is C12H13FN4O2. The molecule has 1 aromatic carbocycles. The van der Waals surface area contributed by atoms with Crippen LogP contribution in [0.25, 0.3) is 0 Å². The van der Waals surface area contributed by atoms with E-state index in [2.05, 4.69) is 10.4 Å². The number of benzene rings is 1. The fourth-order valence-electron chi connectivity index (χ4n) is 1.72. The molecule has 1 heterocycles. The standard InChI is InChI=1S/C12H13FN4O2/c1-8-9(7-15-16(8)2)6-14-11-5-10(13)3-4-12(11)17(18)19/h3-5,7,14H,6H2,1-2H3. The molecule has 0 aliphatic rings. The van der Waals surface area contributed by atoms with E-state index in [-0.39, 0.29) is 11.4 Å². The van der Waals surface area contributed by atoms with E-state index in [4.69, 9.17) is 0 Å². The maximum absolute atomic E-state index is 13.1. The van der Waals surface area contributed by atoms with Crippen LogP contribution in [0.5, 0.6) is 0 Å².